The van der Waals surface area contributed by atoms with Gasteiger partial charge in [0.15, 0.2) is 17.2 Å². The first kappa shape index (κ1) is 19.0. The minimum atomic E-state index is -0.253. The third kappa shape index (κ3) is 4.02. The van der Waals surface area contributed by atoms with Gasteiger partial charge in [-0.25, -0.2) is 4.68 Å². The molecule has 1 aliphatic rings. The van der Waals surface area contributed by atoms with Gasteiger partial charge in [0.1, 0.15) is 13.2 Å². The van der Waals surface area contributed by atoms with E-state index in [1.54, 1.807) is 11.6 Å². The lowest BCUT2D eigenvalue weighted by Crippen LogP contribution is -2.31. The zero-order valence-electron chi connectivity index (χ0n) is 14.2. The Morgan fingerprint density at radius 3 is 2.80 bits per heavy atom. The van der Waals surface area contributed by atoms with Gasteiger partial charge in [-0.05, 0) is 31.5 Å². The molecule has 1 amide bonds. The van der Waals surface area contributed by atoms with Crippen molar-refractivity contribution in [1.82, 2.24) is 20.3 Å². The molecular weight excluding hydrogens is 346 g/mol. The standard InChI is InChI=1S/C16H21N5O3.ClH/c1-10(8-17)9-18-16(22)15-11(2)21(20-19-15)12-3-4-13-14(7-12)24-6-5-23-13;/h3-4,7,10H,5-6,8-9,17H2,1-2H3,(H,18,22);1H. The first-order chi connectivity index (χ1) is 11.6. The lowest BCUT2D eigenvalue weighted by molar-refractivity contribution is 0.0943. The molecule has 0 radical (unpaired) electrons. The van der Waals surface area contributed by atoms with E-state index in [0.29, 0.717) is 49.2 Å². The third-order valence-corrected chi connectivity index (χ3v) is 3.89. The molecule has 0 saturated heterocycles. The zero-order valence-corrected chi connectivity index (χ0v) is 15.0. The Morgan fingerprint density at radius 2 is 2.08 bits per heavy atom. The monoisotopic (exact) mass is 367 g/mol. The van der Waals surface area contributed by atoms with Gasteiger partial charge in [0.2, 0.25) is 0 Å². The SMILES string of the molecule is Cc1c(C(=O)NCC(C)CN)nnn1-c1ccc2c(c1)OCCO2.Cl. The van der Waals surface area contributed by atoms with Gasteiger partial charge < -0.3 is 20.5 Å². The highest BCUT2D eigenvalue weighted by molar-refractivity contribution is 5.93. The number of hydrogen-bond acceptors (Lipinski definition) is 6. The van der Waals surface area contributed by atoms with E-state index in [0.717, 1.165) is 5.69 Å². The van der Waals surface area contributed by atoms with Crippen molar-refractivity contribution in [3.05, 3.63) is 29.6 Å². The molecule has 0 fully saturated rings. The van der Waals surface area contributed by atoms with Crippen molar-refractivity contribution in [3.63, 3.8) is 0 Å². The summed E-state index contributed by atoms with van der Waals surface area (Å²) in [5.41, 5.74) is 7.28. The van der Waals surface area contributed by atoms with Crippen molar-refractivity contribution >= 4 is 18.3 Å². The molecule has 0 saturated carbocycles. The summed E-state index contributed by atoms with van der Waals surface area (Å²) < 4.78 is 12.7. The topological polar surface area (TPSA) is 104 Å². The summed E-state index contributed by atoms with van der Waals surface area (Å²) in [6.07, 6.45) is 0. The lowest BCUT2D eigenvalue weighted by atomic mass is 10.2. The van der Waals surface area contributed by atoms with E-state index < -0.39 is 0 Å². The van der Waals surface area contributed by atoms with Crippen LogP contribution < -0.4 is 20.5 Å². The Hall–Kier alpha value is -2.32. The molecule has 136 valence electrons. The summed E-state index contributed by atoms with van der Waals surface area (Å²) in [6, 6.07) is 5.51. The van der Waals surface area contributed by atoms with Crippen molar-refractivity contribution < 1.29 is 14.3 Å². The number of carbonyl (C=O) groups is 1. The van der Waals surface area contributed by atoms with Crippen LogP contribution in [0.4, 0.5) is 0 Å². The summed E-state index contributed by atoms with van der Waals surface area (Å²) in [4.78, 5) is 12.3. The molecule has 1 aromatic heterocycles. The second-order valence-electron chi connectivity index (χ2n) is 5.81. The normalized spacial score (nSPS) is 13.7. The van der Waals surface area contributed by atoms with Gasteiger partial charge in [-0.3, -0.25) is 4.79 Å². The van der Waals surface area contributed by atoms with Gasteiger partial charge in [0.05, 0.1) is 11.4 Å². The van der Waals surface area contributed by atoms with Crippen LogP contribution >= 0.6 is 12.4 Å². The van der Waals surface area contributed by atoms with Gasteiger partial charge in [-0.15, -0.1) is 17.5 Å². The fraction of sp³-hybridized carbons (Fsp3) is 0.438. The number of carbonyl (C=O) groups excluding carboxylic acids is 1. The van der Waals surface area contributed by atoms with E-state index in [4.69, 9.17) is 15.2 Å². The second-order valence-corrected chi connectivity index (χ2v) is 5.81. The number of fused-ring (bicyclic) bond motifs is 1. The van der Waals surface area contributed by atoms with E-state index in [1.807, 2.05) is 25.1 Å². The van der Waals surface area contributed by atoms with E-state index in [-0.39, 0.29) is 24.2 Å². The number of rotatable bonds is 5. The minimum absolute atomic E-state index is 0. The zero-order chi connectivity index (χ0) is 17.1. The van der Waals surface area contributed by atoms with Crippen LogP contribution in [0.5, 0.6) is 11.5 Å². The Bertz CT molecular complexity index is 749. The molecule has 8 nitrogen and oxygen atoms in total. The molecular formula is C16H22ClN5O3. The molecule has 9 heteroatoms. The Morgan fingerprint density at radius 1 is 1.36 bits per heavy atom. The number of benzene rings is 1. The molecule has 2 aromatic rings. The fourth-order valence-corrected chi connectivity index (χ4v) is 2.38. The van der Waals surface area contributed by atoms with Gasteiger partial charge in [-0.2, -0.15) is 0 Å². The van der Waals surface area contributed by atoms with Crippen LogP contribution in [0.25, 0.3) is 5.69 Å². The van der Waals surface area contributed by atoms with Crippen molar-refractivity contribution in [3.8, 4) is 17.2 Å². The molecule has 1 unspecified atom stereocenters. The van der Waals surface area contributed by atoms with Gasteiger partial charge >= 0.3 is 0 Å². The van der Waals surface area contributed by atoms with Crippen LogP contribution in [0.15, 0.2) is 18.2 Å². The van der Waals surface area contributed by atoms with Gasteiger partial charge in [-0.1, -0.05) is 12.1 Å². The maximum Gasteiger partial charge on any atom is 0.273 e. The smallest absolute Gasteiger partial charge is 0.273 e. The van der Waals surface area contributed by atoms with Crippen molar-refractivity contribution in [2.75, 3.05) is 26.3 Å². The van der Waals surface area contributed by atoms with Crippen LogP contribution in [0.3, 0.4) is 0 Å². The number of aromatic nitrogens is 3. The second kappa shape index (κ2) is 8.17. The highest BCUT2D eigenvalue weighted by Crippen LogP contribution is 2.32. The average molecular weight is 368 g/mol. The predicted molar refractivity (Wildman–Crippen MR) is 94.9 cm³/mol. The van der Waals surface area contributed by atoms with Crippen LogP contribution in [-0.2, 0) is 0 Å². The molecule has 1 aromatic carbocycles. The molecule has 0 bridgehead atoms. The number of nitrogens with zero attached hydrogens (tertiary/aromatic N) is 3. The molecule has 2 heterocycles. The van der Waals surface area contributed by atoms with E-state index in [1.165, 1.54) is 0 Å². The maximum absolute atomic E-state index is 12.3. The largest absolute Gasteiger partial charge is 0.486 e. The first-order valence-corrected chi connectivity index (χ1v) is 7.90. The highest BCUT2D eigenvalue weighted by Gasteiger charge is 2.19. The van der Waals surface area contributed by atoms with Gasteiger partial charge in [0, 0.05) is 12.6 Å². The quantitative estimate of drug-likeness (QED) is 0.819. The molecule has 3 rings (SSSR count). The Labute approximate surface area is 152 Å². The summed E-state index contributed by atoms with van der Waals surface area (Å²) in [6.45, 7) is 5.85. The summed E-state index contributed by atoms with van der Waals surface area (Å²) in [5.74, 6) is 1.33. The number of amides is 1. The van der Waals surface area contributed by atoms with Crippen molar-refractivity contribution in [2.45, 2.75) is 13.8 Å². The minimum Gasteiger partial charge on any atom is -0.486 e. The molecule has 1 atom stereocenters. The van der Waals surface area contributed by atoms with E-state index >= 15 is 0 Å². The summed E-state index contributed by atoms with van der Waals surface area (Å²) in [7, 11) is 0. The van der Waals surface area contributed by atoms with Crippen LogP contribution in [0.1, 0.15) is 23.1 Å². The predicted octanol–water partition coefficient (Wildman–Crippen LogP) is 1.09. The van der Waals surface area contributed by atoms with E-state index in [2.05, 4.69) is 15.6 Å². The molecule has 1 aliphatic heterocycles. The van der Waals surface area contributed by atoms with Crippen LogP contribution in [0.2, 0.25) is 0 Å². The van der Waals surface area contributed by atoms with Crippen LogP contribution in [0, 0.1) is 12.8 Å². The first-order valence-electron chi connectivity index (χ1n) is 7.90. The number of ether oxygens (including phenoxy) is 2. The Kier molecular flexibility index (Phi) is 6.22. The lowest BCUT2D eigenvalue weighted by Gasteiger charge is -2.18. The van der Waals surface area contributed by atoms with E-state index in [9.17, 15) is 4.79 Å². The maximum atomic E-state index is 12.3. The Balaban J connectivity index is 0.00000225. The molecule has 0 aliphatic carbocycles. The van der Waals surface area contributed by atoms with Crippen molar-refractivity contribution in [1.29, 1.82) is 0 Å². The van der Waals surface area contributed by atoms with Crippen molar-refractivity contribution in [2.24, 2.45) is 11.7 Å². The summed E-state index contributed by atoms with van der Waals surface area (Å²) >= 11 is 0. The fourth-order valence-electron chi connectivity index (χ4n) is 2.38. The summed E-state index contributed by atoms with van der Waals surface area (Å²) in [5, 5.41) is 10.9. The third-order valence-electron chi connectivity index (χ3n) is 3.89. The van der Waals surface area contributed by atoms with Gasteiger partial charge in [0.25, 0.3) is 5.91 Å². The number of nitrogens with one attached hydrogen (secondary N) is 1. The molecule has 3 N–H and O–H groups in total. The number of halogens is 1. The molecule has 0 spiro atoms. The number of nitrogens with two attached hydrogens (primary N) is 1. The highest BCUT2D eigenvalue weighted by atomic mass is 35.5. The average Bonchev–Trinajstić information content (AvgIpc) is 3.00. The molecule has 25 heavy (non-hydrogen) atoms. The van der Waals surface area contributed by atoms with Crippen LogP contribution in [-0.4, -0.2) is 47.2 Å². The number of hydrogen-bond donors (Lipinski definition) is 2.